The van der Waals surface area contributed by atoms with Crippen LogP contribution in [0.3, 0.4) is 0 Å². The van der Waals surface area contributed by atoms with E-state index in [-0.39, 0.29) is 16.3 Å². The highest BCUT2D eigenvalue weighted by molar-refractivity contribution is 7.89. The quantitative estimate of drug-likeness (QED) is 0.762. The van der Waals surface area contributed by atoms with E-state index < -0.39 is 10.0 Å². The summed E-state index contributed by atoms with van der Waals surface area (Å²) >= 11 is 0. The van der Waals surface area contributed by atoms with E-state index in [9.17, 15) is 8.42 Å². The summed E-state index contributed by atoms with van der Waals surface area (Å²) < 4.78 is 27.0. The van der Waals surface area contributed by atoms with Crippen molar-refractivity contribution in [3.05, 3.63) is 36.3 Å². The van der Waals surface area contributed by atoms with E-state index in [1.54, 1.807) is 28.6 Å². The SMILES string of the molecule is CC1CCCN(S(=O)(=O)c2ccc(NC=C(C#N)c3nn[nH]n3)cc2)C1. The molecule has 136 valence electrons. The maximum atomic E-state index is 12.7. The van der Waals surface area contributed by atoms with Crippen molar-refractivity contribution >= 4 is 21.3 Å². The second kappa shape index (κ2) is 7.63. The fraction of sp³-hybridized carbons (Fsp3) is 0.375. The summed E-state index contributed by atoms with van der Waals surface area (Å²) in [6.45, 7) is 3.19. The molecule has 0 radical (unpaired) electrons. The van der Waals surface area contributed by atoms with Crippen LogP contribution in [0.15, 0.2) is 35.4 Å². The average Bonchev–Trinajstić information content (AvgIpc) is 3.17. The van der Waals surface area contributed by atoms with E-state index in [2.05, 4.69) is 32.9 Å². The number of anilines is 1. The molecule has 10 heteroatoms. The number of piperidine rings is 1. The van der Waals surface area contributed by atoms with Crippen LogP contribution >= 0.6 is 0 Å². The van der Waals surface area contributed by atoms with Gasteiger partial charge in [-0.1, -0.05) is 6.92 Å². The van der Waals surface area contributed by atoms with Crippen LogP contribution in [0.1, 0.15) is 25.6 Å². The normalized spacial score (nSPS) is 19.1. The molecular weight excluding hydrogens is 354 g/mol. The van der Waals surface area contributed by atoms with Crippen molar-refractivity contribution < 1.29 is 8.42 Å². The third kappa shape index (κ3) is 3.89. The summed E-state index contributed by atoms with van der Waals surface area (Å²) in [6, 6.07) is 8.40. The average molecular weight is 373 g/mol. The van der Waals surface area contributed by atoms with Crippen molar-refractivity contribution in [1.82, 2.24) is 24.9 Å². The standard InChI is InChI=1S/C16H19N7O2S/c1-12-3-2-8-23(11-12)26(24,25)15-6-4-14(5-7-15)18-10-13(9-17)16-19-21-22-20-16/h4-7,10,12,18H,2-3,8,11H2,1H3,(H,19,20,21,22). The van der Waals surface area contributed by atoms with Crippen LogP contribution < -0.4 is 5.32 Å². The molecule has 3 rings (SSSR count). The Bertz CT molecular complexity index is 915. The molecule has 0 bridgehead atoms. The summed E-state index contributed by atoms with van der Waals surface area (Å²) in [4.78, 5) is 0.264. The second-order valence-electron chi connectivity index (χ2n) is 6.18. The van der Waals surface area contributed by atoms with E-state index in [0.29, 0.717) is 24.7 Å². The third-order valence-corrected chi connectivity index (χ3v) is 6.08. The Kier molecular flexibility index (Phi) is 5.29. The number of sulfonamides is 1. The highest BCUT2D eigenvalue weighted by Gasteiger charge is 2.28. The number of H-pyrrole nitrogens is 1. The van der Waals surface area contributed by atoms with Crippen LogP contribution in [-0.2, 0) is 10.0 Å². The van der Waals surface area contributed by atoms with Crippen LogP contribution in [0.2, 0.25) is 0 Å². The Labute approximate surface area is 151 Å². The van der Waals surface area contributed by atoms with Crippen LogP contribution in [0.5, 0.6) is 0 Å². The first-order valence-electron chi connectivity index (χ1n) is 8.21. The van der Waals surface area contributed by atoms with Crippen LogP contribution in [0, 0.1) is 17.2 Å². The predicted molar refractivity (Wildman–Crippen MR) is 95.0 cm³/mol. The second-order valence-corrected chi connectivity index (χ2v) is 8.12. The number of hydrogen-bond donors (Lipinski definition) is 2. The van der Waals surface area contributed by atoms with Crippen molar-refractivity contribution in [3.63, 3.8) is 0 Å². The lowest BCUT2D eigenvalue weighted by Crippen LogP contribution is -2.39. The largest absolute Gasteiger partial charge is 0.360 e. The number of allylic oxidation sites excluding steroid dienone is 1. The maximum Gasteiger partial charge on any atom is 0.243 e. The Balaban J connectivity index is 1.73. The lowest BCUT2D eigenvalue weighted by atomic mass is 10.0. The number of benzene rings is 1. The summed E-state index contributed by atoms with van der Waals surface area (Å²) in [7, 11) is -3.48. The van der Waals surface area contributed by atoms with Crippen molar-refractivity contribution in [3.8, 4) is 6.07 Å². The molecule has 0 aliphatic carbocycles. The van der Waals surface area contributed by atoms with E-state index in [1.165, 1.54) is 6.20 Å². The molecule has 1 atom stereocenters. The molecule has 0 amide bonds. The zero-order valence-corrected chi connectivity index (χ0v) is 15.1. The Hall–Kier alpha value is -2.77. The van der Waals surface area contributed by atoms with Gasteiger partial charge in [-0.05, 0) is 48.2 Å². The van der Waals surface area contributed by atoms with E-state index in [0.717, 1.165) is 12.8 Å². The zero-order chi connectivity index (χ0) is 18.6. The maximum absolute atomic E-state index is 12.7. The van der Waals surface area contributed by atoms with Crippen molar-refractivity contribution in [2.75, 3.05) is 18.4 Å². The zero-order valence-electron chi connectivity index (χ0n) is 14.3. The molecule has 26 heavy (non-hydrogen) atoms. The van der Waals surface area contributed by atoms with Gasteiger partial charge in [0.05, 0.1) is 4.90 Å². The Morgan fingerprint density at radius 1 is 1.42 bits per heavy atom. The monoisotopic (exact) mass is 373 g/mol. The van der Waals surface area contributed by atoms with Gasteiger partial charge in [0.1, 0.15) is 11.6 Å². The topological polar surface area (TPSA) is 128 Å². The van der Waals surface area contributed by atoms with Gasteiger partial charge < -0.3 is 5.32 Å². The molecule has 2 heterocycles. The van der Waals surface area contributed by atoms with Gasteiger partial charge >= 0.3 is 0 Å². The number of nitrogens with zero attached hydrogens (tertiary/aromatic N) is 5. The molecule has 2 N–H and O–H groups in total. The number of aromatic amines is 1. The molecule has 1 saturated heterocycles. The van der Waals surface area contributed by atoms with Gasteiger partial charge in [0.2, 0.25) is 15.8 Å². The fourth-order valence-electron chi connectivity index (χ4n) is 2.82. The van der Waals surface area contributed by atoms with Gasteiger partial charge in [-0.2, -0.15) is 14.8 Å². The molecular formula is C16H19N7O2S. The van der Waals surface area contributed by atoms with Gasteiger partial charge in [0.15, 0.2) is 0 Å². The summed E-state index contributed by atoms with van der Waals surface area (Å²) in [6.07, 6.45) is 3.39. The Morgan fingerprint density at radius 3 is 2.81 bits per heavy atom. The van der Waals surface area contributed by atoms with Crippen molar-refractivity contribution in [2.45, 2.75) is 24.7 Å². The van der Waals surface area contributed by atoms with E-state index >= 15 is 0 Å². The molecule has 2 aromatic rings. The van der Waals surface area contributed by atoms with Crippen molar-refractivity contribution in [1.29, 1.82) is 5.26 Å². The molecule has 9 nitrogen and oxygen atoms in total. The predicted octanol–water partition coefficient (Wildman–Crippen LogP) is 1.60. The minimum Gasteiger partial charge on any atom is -0.360 e. The molecule has 1 aliphatic rings. The lowest BCUT2D eigenvalue weighted by molar-refractivity contribution is 0.281. The first kappa shape index (κ1) is 18.0. The van der Waals surface area contributed by atoms with Crippen LogP contribution in [0.4, 0.5) is 5.69 Å². The van der Waals surface area contributed by atoms with Gasteiger partial charge in [-0.25, -0.2) is 8.42 Å². The lowest BCUT2D eigenvalue weighted by Gasteiger charge is -2.30. The molecule has 0 spiro atoms. The smallest absolute Gasteiger partial charge is 0.243 e. The first-order valence-corrected chi connectivity index (χ1v) is 9.65. The van der Waals surface area contributed by atoms with Crippen LogP contribution in [0.25, 0.3) is 5.57 Å². The molecule has 1 aromatic carbocycles. The molecule has 0 saturated carbocycles. The van der Waals surface area contributed by atoms with E-state index in [1.807, 2.05) is 6.07 Å². The minimum absolute atomic E-state index is 0.179. The summed E-state index contributed by atoms with van der Waals surface area (Å²) in [5.41, 5.74) is 0.852. The highest BCUT2D eigenvalue weighted by Crippen LogP contribution is 2.24. The highest BCUT2D eigenvalue weighted by atomic mass is 32.2. The number of tetrazole rings is 1. The van der Waals surface area contributed by atoms with Gasteiger partial charge in [0, 0.05) is 25.0 Å². The molecule has 1 aliphatic heterocycles. The summed E-state index contributed by atoms with van der Waals surface area (Å²) in [5, 5.41) is 25.2. The molecule has 1 aromatic heterocycles. The number of hydrogen-bond acceptors (Lipinski definition) is 7. The minimum atomic E-state index is -3.48. The molecule has 1 fully saturated rings. The van der Waals surface area contributed by atoms with Crippen LogP contribution in [-0.4, -0.2) is 46.4 Å². The van der Waals surface area contributed by atoms with Gasteiger partial charge in [-0.3, -0.25) is 0 Å². The summed E-state index contributed by atoms with van der Waals surface area (Å²) in [5.74, 6) is 0.553. The number of rotatable bonds is 5. The van der Waals surface area contributed by atoms with Gasteiger partial charge in [-0.15, -0.1) is 10.2 Å². The number of nitriles is 1. The Morgan fingerprint density at radius 2 is 2.19 bits per heavy atom. The number of nitrogens with one attached hydrogen (secondary N) is 2. The van der Waals surface area contributed by atoms with E-state index in [4.69, 9.17) is 5.26 Å². The third-order valence-electron chi connectivity index (χ3n) is 4.20. The van der Waals surface area contributed by atoms with Crippen molar-refractivity contribution in [2.24, 2.45) is 5.92 Å². The van der Waals surface area contributed by atoms with Gasteiger partial charge in [0.25, 0.3) is 0 Å². The number of aromatic nitrogens is 4. The molecule has 1 unspecified atom stereocenters. The first-order chi connectivity index (χ1) is 12.5. The fourth-order valence-corrected chi connectivity index (χ4v) is 4.41.